The van der Waals surface area contributed by atoms with Crippen LogP contribution in [0.3, 0.4) is 0 Å². The van der Waals surface area contributed by atoms with Gasteiger partial charge in [-0.25, -0.2) is 0 Å². The smallest absolute Gasteiger partial charge is 0.227 e. The first kappa shape index (κ1) is 16.0. The monoisotopic (exact) mass is 299 g/mol. The van der Waals surface area contributed by atoms with E-state index < -0.39 is 0 Å². The Morgan fingerprint density at radius 3 is 2.73 bits per heavy atom. The second-order valence-corrected chi connectivity index (χ2v) is 5.83. The largest absolute Gasteiger partial charge is 0.344 e. The van der Waals surface area contributed by atoms with Crippen LogP contribution in [0.1, 0.15) is 24.0 Å². The first-order chi connectivity index (χ1) is 10.5. The third kappa shape index (κ3) is 3.85. The SMILES string of the molecule is Cc1ccc(CN2CC(C(=O)N(C)CCC#N)CC2=O)cc1. The molecule has 1 unspecified atom stereocenters. The van der Waals surface area contributed by atoms with Gasteiger partial charge in [0.1, 0.15) is 0 Å². The third-order valence-electron chi connectivity index (χ3n) is 3.99. The lowest BCUT2D eigenvalue weighted by molar-refractivity contribution is -0.134. The van der Waals surface area contributed by atoms with Crippen molar-refractivity contribution in [3.63, 3.8) is 0 Å². The van der Waals surface area contributed by atoms with Gasteiger partial charge in [-0.15, -0.1) is 0 Å². The number of benzene rings is 1. The molecule has 0 N–H and O–H groups in total. The summed E-state index contributed by atoms with van der Waals surface area (Å²) in [6.07, 6.45) is 0.581. The molecule has 0 spiro atoms. The standard InChI is InChI=1S/C17H21N3O2/c1-13-4-6-14(7-5-13)11-20-12-15(10-16(20)21)17(22)19(2)9-3-8-18/h4-7,15H,3,9-12H2,1-2H3. The predicted octanol–water partition coefficient (Wildman–Crippen LogP) is 1.72. The summed E-state index contributed by atoms with van der Waals surface area (Å²) in [6.45, 7) is 3.45. The molecule has 5 nitrogen and oxygen atoms in total. The second kappa shape index (κ2) is 7.08. The summed E-state index contributed by atoms with van der Waals surface area (Å²) >= 11 is 0. The molecular weight excluding hydrogens is 278 g/mol. The van der Waals surface area contributed by atoms with Gasteiger partial charge in [0.2, 0.25) is 11.8 Å². The maximum atomic E-state index is 12.3. The minimum Gasteiger partial charge on any atom is -0.344 e. The molecule has 1 fully saturated rings. The van der Waals surface area contributed by atoms with Gasteiger partial charge in [0.05, 0.1) is 18.4 Å². The van der Waals surface area contributed by atoms with Crippen LogP contribution in [-0.4, -0.2) is 41.8 Å². The van der Waals surface area contributed by atoms with Gasteiger partial charge in [0.15, 0.2) is 0 Å². The van der Waals surface area contributed by atoms with Crippen LogP contribution < -0.4 is 0 Å². The molecule has 1 aliphatic heterocycles. The van der Waals surface area contributed by atoms with E-state index in [9.17, 15) is 9.59 Å². The summed E-state index contributed by atoms with van der Waals surface area (Å²) in [5.74, 6) is -0.316. The second-order valence-electron chi connectivity index (χ2n) is 5.83. The maximum Gasteiger partial charge on any atom is 0.227 e. The molecule has 1 aromatic carbocycles. The van der Waals surface area contributed by atoms with Crippen LogP contribution >= 0.6 is 0 Å². The van der Waals surface area contributed by atoms with Crippen LogP contribution in [0.25, 0.3) is 0 Å². The Morgan fingerprint density at radius 1 is 1.41 bits per heavy atom. The zero-order valence-electron chi connectivity index (χ0n) is 13.1. The van der Waals surface area contributed by atoms with Crippen LogP contribution in [0.2, 0.25) is 0 Å². The zero-order chi connectivity index (χ0) is 16.1. The lowest BCUT2D eigenvalue weighted by atomic mass is 10.1. The van der Waals surface area contributed by atoms with Crippen LogP contribution in [0, 0.1) is 24.2 Å². The van der Waals surface area contributed by atoms with Crippen molar-refractivity contribution in [3.8, 4) is 6.07 Å². The number of nitrogens with zero attached hydrogens (tertiary/aromatic N) is 3. The van der Waals surface area contributed by atoms with E-state index in [4.69, 9.17) is 5.26 Å². The van der Waals surface area contributed by atoms with Crippen molar-refractivity contribution >= 4 is 11.8 Å². The lowest BCUT2D eigenvalue weighted by Gasteiger charge is -2.20. The number of amides is 2. The van der Waals surface area contributed by atoms with Gasteiger partial charge < -0.3 is 9.80 Å². The highest BCUT2D eigenvalue weighted by atomic mass is 16.2. The van der Waals surface area contributed by atoms with Crippen molar-refractivity contribution < 1.29 is 9.59 Å². The molecule has 1 aliphatic rings. The van der Waals surface area contributed by atoms with E-state index in [-0.39, 0.29) is 24.2 Å². The Labute approximate surface area is 131 Å². The summed E-state index contributed by atoms with van der Waals surface area (Å²) in [6, 6.07) is 10.1. The third-order valence-corrected chi connectivity index (χ3v) is 3.99. The van der Waals surface area contributed by atoms with E-state index in [1.807, 2.05) is 37.3 Å². The van der Waals surface area contributed by atoms with E-state index in [0.29, 0.717) is 26.1 Å². The van der Waals surface area contributed by atoms with E-state index >= 15 is 0 Å². The van der Waals surface area contributed by atoms with Crippen molar-refractivity contribution in [2.24, 2.45) is 5.92 Å². The molecule has 0 aromatic heterocycles. The highest BCUT2D eigenvalue weighted by Gasteiger charge is 2.35. The average molecular weight is 299 g/mol. The van der Waals surface area contributed by atoms with Crippen molar-refractivity contribution in [2.75, 3.05) is 20.1 Å². The Kier molecular flexibility index (Phi) is 5.16. The molecule has 1 saturated heterocycles. The number of hydrogen-bond donors (Lipinski definition) is 0. The predicted molar refractivity (Wildman–Crippen MR) is 82.6 cm³/mol. The minimum atomic E-state index is -0.290. The molecular formula is C17H21N3O2. The molecule has 5 heteroatoms. The quantitative estimate of drug-likeness (QED) is 0.831. The van der Waals surface area contributed by atoms with E-state index in [1.165, 1.54) is 5.56 Å². The van der Waals surface area contributed by atoms with Gasteiger partial charge in [-0.1, -0.05) is 29.8 Å². The van der Waals surface area contributed by atoms with Gasteiger partial charge in [-0.05, 0) is 12.5 Å². The molecule has 2 amide bonds. The molecule has 0 saturated carbocycles. The molecule has 116 valence electrons. The van der Waals surface area contributed by atoms with Crippen LogP contribution in [0.5, 0.6) is 0 Å². The summed E-state index contributed by atoms with van der Waals surface area (Å²) < 4.78 is 0. The highest BCUT2D eigenvalue weighted by Crippen LogP contribution is 2.22. The molecule has 2 rings (SSSR count). The average Bonchev–Trinajstić information content (AvgIpc) is 2.87. The molecule has 0 radical (unpaired) electrons. The number of carbonyl (C=O) groups is 2. The molecule has 1 aromatic rings. The zero-order valence-corrected chi connectivity index (χ0v) is 13.1. The van der Waals surface area contributed by atoms with Crippen LogP contribution in [0.15, 0.2) is 24.3 Å². The Hall–Kier alpha value is -2.35. The lowest BCUT2D eigenvalue weighted by Crippen LogP contribution is -2.35. The minimum absolute atomic E-state index is 0.0209. The van der Waals surface area contributed by atoms with Crippen molar-refractivity contribution in [3.05, 3.63) is 35.4 Å². The van der Waals surface area contributed by atoms with Crippen molar-refractivity contribution in [2.45, 2.75) is 26.3 Å². The van der Waals surface area contributed by atoms with Gasteiger partial charge in [-0.3, -0.25) is 9.59 Å². The number of nitriles is 1. The van der Waals surface area contributed by atoms with Crippen LogP contribution in [-0.2, 0) is 16.1 Å². The summed E-state index contributed by atoms with van der Waals surface area (Å²) in [4.78, 5) is 27.7. The number of likely N-dealkylation sites (tertiary alicyclic amines) is 1. The van der Waals surface area contributed by atoms with Crippen molar-refractivity contribution in [1.82, 2.24) is 9.80 Å². The van der Waals surface area contributed by atoms with Gasteiger partial charge in [0.25, 0.3) is 0 Å². The number of carbonyl (C=O) groups excluding carboxylic acids is 2. The van der Waals surface area contributed by atoms with E-state index in [2.05, 4.69) is 0 Å². The Balaban J connectivity index is 1.94. The molecule has 0 aliphatic carbocycles. The fourth-order valence-electron chi connectivity index (χ4n) is 2.64. The number of aryl methyl sites for hydroxylation is 1. The van der Waals surface area contributed by atoms with Crippen molar-refractivity contribution in [1.29, 1.82) is 5.26 Å². The fourth-order valence-corrected chi connectivity index (χ4v) is 2.64. The van der Waals surface area contributed by atoms with Gasteiger partial charge in [0, 0.05) is 33.1 Å². The fraction of sp³-hybridized carbons (Fsp3) is 0.471. The Morgan fingerprint density at radius 2 is 2.09 bits per heavy atom. The molecule has 0 bridgehead atoms. The molecule has 1 heterocycles. The number of hydrogen-bond acceptors (Lipinski definition) is 3. The van der Waals surface area contributed by atoms with Gasteiger partial charge in [-0.2, -0.15) is 5.26 Å². The summed E-state index contributed by atoms with van der Waals surface area (Å²) in [5.41, 5.74) is 2.26. The van der Waals surface area contributed by atoms with Gasteiger partial charge >= 0.3 is 0 Å². The molecule has 1 atom stereocenters. The maximum absolute atomic E-state index is 12.3. The summed E-state index contributed by atoms with van der Waals surface area (Å²) in [5, 5.41) is 8.58. The first-order valence-corrected chi connectivity index (χ1v) is 7.46. The highest BCUT2D eigenvalue weighted by molar-refractivity contribution is 5.89. The number of rotatable bonds is 5. The topological polar surface area (TPSA) is 64.4 Å². The molecule has 22 heavy (non-hydrogen) atoms. The van der Waals surface area contributed by atoms with E-state index in [0.717, 1.165) is 5.56 Å². The first-order valence-electron chi connectivity index (χ1n) is 7.46. The van der Waals surface area contributed by atoms with Crippen LogP contribution in [0.4, 0.5) is 0 Å². The normalized spacial score (nSPS) is 17.4. The Bertz CT molecular complexity index is 589. The summed E-state index contributed by atoms with van der Waals surface area (Å²) in [7, 11) is 1.69. The van der Waals surface area contributed by atoms with E-state index in [1.54, 1.807) is 16.8 Å².